The maximum Gasteiger partial charge on any atom is 0.330 e. The van der Waals surface area contributed by atoms with Crippen LogP contribution in [-0.4, -0.2) is 35.2 Å². The van der Waals surface area contributed by atoms with Crippen LogP contribution in [0, 0.1) is 6.92 Å². The van der Waals surface area contributed by atoms with Gasteiger partial charge in [-0.25, -0.2) is 4.79 Å². The van der Waals surface area contributed by atoms with Crippen LogP contribution in [0.5, 0.6) is 5.75 Å². The van der Waals surface area contributed by atoms with E-state index in [4.69, 9.17) is 9.47 Å². The van der Waals surface area contributed by atoms with Crippen LogP contribution >= 0.6 is 0 Å². The molecule has 0 saturated carbocycles. The molecule has 0 aromatic carbocycles. The second kappa shape index (κ2) is 6.02. The first-order valence-corrected chi connectivity index (χ1v) is 7.35. The number of nitrogens with one attached hydrogen (secondary N) is 1. The predicted octanol–water partition coefficient (Wildman–Crippen LogP) is 2.23. The van der Waals surface area contributed by atoms with E-state index in [0.29, 0.717) is 5.75 Å². The van der Waals surface area contributed by atoms with Crippen molar-refractivity contribution < 1.29 is 14.3 Å². The summed E-state index contributed by atoms with van der Waals surface area (Å²) < 4.78 is 11.4. The van der Waals surface area contributed by atoms with Gasteiger partial charge in [-0.05, 0) is 59.2 Å². The third-order valence-electron chi connectivity index (χ3n) is 3.47. The van der Waals surface area contributed by atoms with Crippen LogP contribution < -0.4 is 10.1 Å². The molecule has 1 atom stereocenters. The molecule has 0 unspecified atom stereocenters. The van der Waals surface area contributed by atoms with Crippen molar-refractivity contribution in [3.63, 3.8) is 0 Å². The molecule has 1 aromatic rings. The second-order valence-electron chi connectivity index (χ2n) is 6.49. The largest absolute Gasteiger partial charge is 0.489 e. The molecular weight excluding hydrogens is 268 g/mol. The molecule has 0 bridgehead atoms. The van der Waals surface area contributed by atoms with Crippen LogP contribution in [0.2, 0.25) is 0 Å². The molecule has 1 saturated heterocycles. The Balaban J connectivity index is 2.08. The summed E-state index contributed by atoms with van der Waals surface area (Å²) in [6, 6.07) is 3.69. The van der Waals surface area contributed by atoms with E-state index in [1.54, 1.807) is 6.20 Å². The Kier molecular flexibility index (Phi) is 4.52. The highest BCUT2D eigenvalue weighted by Crippen LogP contribution is 2.26. The highest BCUT2D eigenvalue weighted by Gasteiger charge is 2.45. The minimum absolute atomic E-state index is 0.242. The fourth-order valence-corrected chi connectivity index (χ4v) is 2.36. The zero-order chi connectivity index (χ0) is 15.5. The summed E-state index contributed by atoms with van der Waals surface area (Å²) in [5.74, 6) is 0.461. The summed E-state index contributed by atoms with van der Waals surface area (Å²) >= 11 is 0. The Morgan fingerprint density at radius 2 is 2.24 bits per heavy atom. The van der Waals surface area contributed by atoms with E-state index in [1.165, 1.54) is 0 Å². The Labute approximate surface area is 126 Å². The van der Waals surface area contributed by atoms with Crippen molar-refractivity contribution >= 4 is 5.97 Å². The van der Waals surface area contributed by atoms with E-state index in [0.717, 1.165) is 25.1 Å². The Morgan fingerprint density at radius 3 is 2.81 bits per heavy atom. The van der Waals surface area contributed by atoms with Crippen LogP contribution in [0.3, 0.4) is 0 Å². The summed E-state index contributed by atoms with van der Waals surface area (Å²) in [6.07, 6.45) is 3.38. The Morgan fingerprint density at radius 1 is 1.48 bits per heavy atom. The van der Waals surface area contributed by atoms with Crippen LogP contribution in [0.4, 0.5) is 0 Å². The van der Waals surface area contributed by atoms with Gasteiger partial charge >= 0.3 is 5.97 Å². The van der Waals surface area contributed by atoms with Gasteiger partial charge < -0.3 is 9.47 Å². The lowest BCUT2D eigenvalue weighted by molar-refractivity contribution is -0.164. The number of aryl methyl sites for hydroxylation is 1. The molecule has 0 aliphatic carbocycles. The van der Waals surface area contributed by atoms with Crippen molar-refractivity contribution in [1.29, 1.82) is 0 Å². The monoisotopic (exact) mass is 292 g/mol. The number of carbonyl (C=O) groups excluding carboxylic acids is 1. The standard InChI is InChI=1S/C16H24N2O3/c1-12-13(7-5-9-17-12)20-11-16(8-6-10-18-16)14(19)21-15(2,3)4/h5,7,9,18H,6,8,10-11H2,1-4H3/t16-/m0/s1. The minimum atomic E-state index is -0.754. The fourth-order valence-electron chi connectivity index (χ4n) is 2.36. The van der Waals surface area contributed by atoms with E-state index in [1.807, 2.05) is 39.8 Å². The van der Waals surface area contributed by atoms with Crippen LogP contribution in [0.25, 0.3) is 0 Å². The lowest BCUT2D eigenvalue weighted by atomic mass is 9.98. The van der Waals surface area contributed by atoms with Gasteiger partial charge in [0, 0.05) is 6.20 Å². The third kappa shape index (κ3) is 3.94. The maximum absolute atomic E-state index is 12.5. The van der Waals surface area contributed by atoms with Crippen molar-refractivity contribution in [3.05, 3.63) is 24.0 Å². The zero-order valence-electron chi connectivity index (χ0n) is 13.2. The van der Waals surface area contributed by atoms with Gasteiger partial charge in [0.1, 0.15) is 18.0 Å². The molecule has 1 aliphatic heterocycles. The Hall–Kier alpha value is -1.62. The summed E-state index contributed by atoms with van der Waals surface area (Å²) in [5, 5.41) is 3.26. The number of rotatable bonds is 4. The number of hydrogen-bond donors (Lipinski definition) is 1. The number of ether oxygens (including phenoxy) is 2. The Bertz CT molecular complexity index is 502. The van der Waals surface area contributed by atoms with Crippen LogP contribution in [0.1, 0.15) is 39.3 Å². The van der Waals surface area contributed by atoms with Gasteiger partial charge in [-0.15, -0.1) is 0 Å². The summed E-state index contributed by atoms with van der Waals surface area (Å²) in [7, 11) is 0. The van der Waals surface area contributed by atoms with Gasteiger partial charge in [0.25, 0.3) is 0 Å². The predicted molar refractivity (Wildman–Crippen MR) is 80.3 cm³/mol. The molecule has 21 heavy (non-hydrogen) atoms. The molecule has 116 valence electrons. The summed E-state index contributed by atoms with van der Waals surface area (Å²) in [4.78, 5) is 16.7. The molecule has 1 aliphatic rings. The first kappa shape index (κ1) is 15.8. The van der Waals surface area contributed by atoms with Gasteiger partial charge in [-0.2, -0.15) is 0 Å². The van der Waals surface area contributed by atoms with Crippen LogP contribution in [0.15, 0.2) is 18.3 Å². The van der Waals surface area contributed by atoms with Gasteiger partial charge in [0.2, 0.25) is 0 Å². The fraction of sp³-hybridized carbons (Fsp3) is 0.625. The summed E-state index contributed by atoms with van der Waals surface area (Å²) in [5.41, 5.74) is -0.441. The highest BCUT2D eigenvalue weighted by molar-refractivity contribution is 5.82. The lowest BCUT2D eigenvalue weighted by Gasteiger charge is -2.31. The number of hydrogen-bond acceptors (Lipinski definition) is 5. The molecule has 5 nitrogen and oxygen atoms in total. The molecule has 1 fully saturated rings. The molecule has 5 heteroatoms. The maximum atomic E-state index is 12.5. The number of carbonyl (C=O) groups is 1. The van der Waals surface area contributed by atoms with Crippen LogP contribution in [-0.2, 0) is 9.53 Å². The van der Waals surface area contributed by atoms with E-state index in [2.05, 4.69) is 10.3 Å². The van der Waals surface area contributed by atoms with E-state index in [-0.39, 0.29) is 12.6 Å². The lowest BCUT2D eigenvalue weighted by Crippen LogP contribution is -2.54. The minimum Gasteiger partial charge on any atom is -0.489 e. The first-order valence-electron chi connectivity index (χ1n) is 7.35. The molecule has 1 N–H and O–H groups in total. The van der Waals surface area contributed by atoms with Crippen molar-refractivity contribution in [1.82, 2.24) is 10.3 Å². The normalized spacial score (nSPS) is 22.1. The second-order valence-corrected chi connectivity index (χ2v) is 6.49. The van der Waals surface area contributed by atoms with Crippen molar-refractivity contribution in [2.24, 2.45) is 0 Å². The first-order chi connectivity index (χ1) is 9.82. The van der Waals surface area contributed by atoms with Gasteiger partial charge in [-0.3, -0.25) is 10.3 Å². The van der Waals surface area contributed by atoms with Crippen molar-refractivity contribution in [3.8, 4) is 5.75 Å². The van der Waals surface area contributed by atoms with E-state index >= 15 is 0 Å². The van der Waals surface area contributed by atoms with Gasteiger partial charge in [-0.1, -0.05) is 0 Å². The third-order valence-corrected chi connectivity index (χ3v) is 3.47. The van der Waals surface area contributed by atoms with E-state index in [9.17, 15) is 4.79 Å². The number of pyridine rings is 1. The van der Waals surface area contributed by atoms with Crippen molar-refractivity contribution in [2.45, 2.75) is 51.7 Å². The molecule has 0 amide bonds. The number of esters is 1. The molecule has 0 radical (unpaired) electrons. The SMILES string of the molecule is Cc1ncccc1OC[C@]1(C(=O)OC(C)(C)C)CCCN1. The zero-order valence-corrected chi connectivity index (χ0v) is 13.2. The molecular formula is C16H24N2O3. The van der Waals surface area contributed by atoms with E-state index < -0.39 is 11.1 Å². The van der Waals surface area contributed by atoms with Gasteiger partial charge in [0.05, 0.1) is 5.69 Å². The molecule has 0 spiro atoms. The van der Waals surface area contributed by atoms with Crippen molar-refractivity contribution in [2.75, 3.05) is 13.2 Å². The summed E-state index contributed by atoms with van der Waals surface area (Å²) in [6.45, 7) is 8.57. The molecule has 1 aromatic heterocycles. The average Bonchev–Trinajstić information content (AvgIpc) is 2.86. The smallest absolute Gasteiger partial charge is 0.330 e. The highest BCUT2D eigenvalue weighted by atomic mass is 16.6. The molecule has 2 heterocycles. The molecule has 2 rings (SSSR count). The topological polar surface area (TPSA) is 60.5 Å². The van der Waals surface area contributed by atoms with Gasteiger partial charge in [0.15, 0.2) is 5.54 Å². The number of aromatic nitrogens is 1. The average molecular weight is 292 g/mol. The quantitative estimate of drug-likeness (QED) is 0.862. The number of nitrogens with zero attached hydrogens (tertiary/aromatic N) is 1.